The molecule has 670 valence electrons. The van der Waals surface area contributed by atoms with E-state index in [-0.39, 0.29) is 0 Å². The van der Waals surface area contributed by atoms with E-state index in [9.17, 15) is 0 Å². The second kappa shape index (κ2) is 34.7. The number of rotatable bonds is 10. The molecule has 0 radical (unpaired) electrons. The van der Waals surface area contributed by atoms with E-state index in [2.05, 4.69) is 381 Å². The van der Waals surface area contributed by atoms with Gasteiger partial charge in [0.1, 0.15) is 28.8 Å². The summed E-state index contributed by atoms with van der Waals surface area (Å²) >= 11 is 0. The molecule has 0 amide bonds. The maximum absolute atomic E-state index is 6.72. The first kappa shape index (κ1) is 83.0. The third kappa shape index (κ3) is 14.3. The van der Waals surface area contributed by atoms with Crippen molar-refractivity contribution in [2.45, 2.75) is 0 Å². The lowest BCUT2D eigenvalue weighted by atomic mass is 9.99. The lowest BCUT2D eigenvalue weighted by Crippen LogP contribution is -2.03. The molecule has 0 unspecified atom stereocenters. The van der Waals surface area contributed by atoms with Crippen LogP contribution in [0, 0.1) is 0 Å². The lowest BCUT2D eigenvalue weighted by molar-refractivity contribution is 0.671. The highest BCUT2D eigenvalue weighted by atomic mass is 16.3. The predicted octanol–water partition coefficient (Wildman–Crippen LogP) is 33.5. The van der Waals surface area contributed by atoms with Crippen LogP contribution in [-0.2, 0) is 7.05 Å². The van der Waals surface area contributed by atoms with E-state index in [0.29, 0.717) is 17.5 Å². The molecule has 0 aliphatic carbocycles. The molecule has 13 nitrogen and oxygen atoms in total. The first-order valence-corrected chi connectivity index (χ1v) is 48.1. The topological polar surface area (TPSA) is 136 Å². The normalized spacial score (nSPS) is 11.7. The molecule has 0 bridgehead atoms. The highest BCUT2D eigenvalue weighted by Crippen LogP contribution is 2.49. The van der Waals surface area contributed by atoms with Crippen LogP contribution in [0.15, 0.2) is 494 Å². The molecular weight excluding hydrogens is 1750 g/mol. The number of furan rings is 2. The van der Waals surface area contributed by atoms with Gasteiger partial charge in [0.25, 0.3) is 0 Å². The number of fused-ring (bicyclic) bond motifs is 27. The molecule has 0 saturated heterocycles. The molecule has 21 aromatic carbocycles. The summed E-state index contributed by atoms with van der Waals surface area (Å²) in [6.07, 6.45) is 1.63. The standard InChI is InChI=1S/C48H30N4.C43H26N4O.C20H14N2.C19H13NO/c1-3-14-32(15-4-1)47-48(50-41-21-11-10-20-40(41)49-47)52-42-22-12-9-19-37(42)38-29-33(24-26-43(38)52)34-25-27-44-39(30-34)46-36-18-8-7-13-31(36)23-28-45(46)51(44)35-16-5-2-6-17-35;1-3-13-27(14-4-1)41-44-42(28-15-5-2-6-16-28)46-43(45-41)29-23-25-30(26-24-29)47-35-21-11-9-19-33(35)37-31-17-7-8-18-32(31)38-34-20-10-12-22-36(34)48-40(38)39(37)47;1-2-6-15(7-3-1)16-10-12-17(13-11-16)20-18-8-4-5-9-19(18)21-14-22-20;1-20-15-8-4-2-7-14(15)18-16(20)11-10-13-12-6-3-5-9-17(12)21-19(13)18/h1-30H;1-26H;1-14H;2-11H,1H3. The third-order valence-electron chi connectivity index (χ3n) is 27.9. The Morgan fingerprint density at radius 1 is 0.203 bits per heavy atom. The van der Waals surface area contributed by atoms with E-state index in [1.807, 2.05) is 133 Å². The second-order valence-corrected chi connectivity index (χ2v) is 36.1. The van der Waals surface area contributed by atoms with Crippen molar-refractivity contribution >= 4 is 175 Å². The van der Waals surface area contributed by atoms with Gasteiger partial charge in [-0.3, -0.25) is 4.57 Å². The SMILES string of the molecule is Cn1c2ccccc2c2c3oc4ccccc4c3ccc21.c1ccc(-c2ccc(-c3ncnc4ccccc34)cc2)cc1.c1ccc(-c2nc(-c3ccccc3)nc(-c3ccc(-n4c5ccccc5c5c6ccccc6c6c7ccccc7oc6c54)cc3)n2)cc1.c1ccc(-c2nc3ccccc3nc2-n2c3ccccc3c3cc(-c4ccc5c(c4)c4c6ccccc6ccc4n5-c4ccccc4)ccc32)cc1. The van der Waals surface area contributed by atoms with Crippen LogP contribution in [0.2, 0.25) is 0 Å². The molecule has 9 heterocycles. The Balaban J connectivity index is 0.000000102. The largest absolute Gasteiger partial charge is 0.455 e. The fraction of sp³-hybridized carbons (Fsp3) is 0.00769. The van der Waals surface area contributed by atoms with Gasteiger partial charge in [-0.15, -0.1) is 0 Å². The molecule has 0 aliphatic rings. The first-order valence-electron chi connectivity index (χ1n) is 48.1. The molecule has 9 aromatic heterocycles. The number of hydrogen-bond acceptors (Lipinski definition) is 9. The number of nitrogens with zero attached hydrogens (tertiary/aromatic N) is 11. The molecule has 0 spiro atoms. The van der Waals surface area contributed by atoms with Crippen LogP contribution in [0.5, 0.6) is 0 Å². The summed E-state index contributed by atoms with van der Waals surface area (Å²) < 4.78 is 22.2. The molecule has 0 atom stereocenters. The summed E-state index contributed by atoms with van der Waals surface area (Å²) in [5, 5.41) is 20.4. The summed E-state index contributed by atoms with van der Waals surface area (Å²) in [6, 6.07) is 167. The second-order valence-electron chi connectivity index (χ2n) is 36.1. The monoisotopic (exact) mass is 1830 g/mol. The van der Waals surface area contributed by atoms with Crippen molar-refractivity contribution in [1.82, 2.24) is 53.2 Å². The molecule has 30 rings (SSSR count). The van der Waals surface area contributed by atoms with E-state index >= 15 is 0 Å². The summed E-state index contributed by atoms with van der Waals surface area (Å²) in [5.74, 6) is 2.74. The number of aromatic nitrogens is 11. The summed E-state index contributed by atoms with van der Waals surface area (Å²) in [5.41, 5.74) is 29.4. The Hall–Kier alpha value is -19.4. The lowest BCUT2D eigenvalue weighted by Gasteiger charge is -2.14. The van der Waals surface area contributed by atoms with Crippen molar-refractivity contribution < 1.29 is 8.83 Å². The third-order valence-corrected chi connectivity index (χ3v) is 27.9. The van der Waals surface area contributed by atoms with E-state index in [0.717, 1.165) is 134 Å². The van der Waals surface area contributed by atoms with Gasteiger partial charge < -0.3 is 22.5 Å². The zero-order valence-electron chi connectivity index (χ0n) is 77.4. The molecule has 0 N–H and O–H groups in total. The molecule has 0 aliphatic heterocycles. The first-order chi connectivity index (χ1) is 70.9. The fourth-order valence-electron chi connectivity index (χ4n) is 21.3. The highest BCUT2D eigenvalue weighted by molar-refractivity contribution is 6.35. The van der Waals surface area contributed by atoms with Crippen molar-refractivity contribution in [3.05, 3.63) is 486 Å². The van der Waals surface area contributed by atoms with Gasteiger partial charge in [0.2, 0.25) is 0 Å². The summed E-state index contributed by atoms with van der Waals surface area (Å²) in [6.45, 7) is 0. The van der Waals surface area contributed by atoms with E-state index in [1.54, 1.807) is 6.33 Å². The van der Waals surface area contributed by atoms with Crippen molar-refractivity contribution in [3.63, 3.8) is 0 Å². The molecule has 0 saturated carbocycles. The summed E-state index contributed by atoms with van der Waals surface area (Å²) in [4.78, 5) is 34.0. The van der Waals surface area contributed by atoms with Crippen molar-refractivity contribution in [2.75, 3.05) is 0 Å². The van der Waals surface area contributed by atoms with Gasteiger partial charge in [-0.05, 0) is 171 Å². The molecule has 0 fully saturated rings. The van der Waals surface area contributed by atoms with Gasteiger partial charge in [0.05, 0.1) is 66.2 Å². The zero-order valence-corrected chi connectivity index (χ0v) is 77.4. The molecule has 143 heavy (non-hydrogen) atoms. The van der Waals surface area contributed by atoms with Gasteiger partial charge in [-0.1, -0.05) is 352 Å². The number of para-hydroxylation sites is 9. The van der Waals surface area contributed by atoms with Crippen LogP contribution in [0.4, 0.5) is 0 Å². The van der Waals surface area contributed by atoms with Crippen LogP contribution in [0.1, 0.15) is 0 Å². The van der Waals surface area contributed by atoms with E-state index in [1.165, 1.54) is 120 Å². The van der Waals surface area contributed by atoms with E-state index < -0.39 is 0 Å². The Morgan fingerprint density at radius 3 is 1.28 bits per heavy atom. The highest BCUT2D eigenvalue weighted by Gasteiger charge is 2.27. The molecule has 13 heteroatoms. The van der Waals surface area contributed by atoms with Crippen LogP contribution in [0.3, 0.4) is 0 Å². The van der Waals surface area contributed by atoms with Crippen LogP contribution in [-0.4, -0.2) is 53.2 Å². The maximum Gasteiger partial charge on any atom is 0.165 e. The number of benzene rings is 21. The fourth-order valence-corrected chi connectivity index (χ4v) is 21.3. The van der Waals surface area contributed by atoms with Gasteiger partial charge in [-0.2, -0.15) is 0 Å². The van der Waals surface area contributed by atoms with Gasteiger partial charge in [0.15, 0.2) is 28.9 Å². The Labute approximate surface area is 819 Å². The molecule has 30 aromatic rings. The van der Waals surface area contributed by atoms with Gasteiger partial charge in [-0.25, -0.2) is 34.9 Å². The smallest absolute Gasteiger partial charge is 0.165 e. The molecular formula is C130H83N11O2. The maximum atomic E-state index is 6.72. The van der Waals surface area contributed by atoms with Crippen LogP contribution < -0.4 is 0 Å². The van der Waals surface area contributed by atoms with Crippen LogP contribution >= 0.6 is 0 Å². The minimum atomic E-state index is 0.627. The van der Waals surface area contributed by atoms with E-state index in [4.69, 9.17) is 33.8 Å². The number of hydrogen-bond donors (Lipinski definition) is 0. The minimum absolute atomic E-state index is 0.627. The Morgan fingerprint density at radius 2 is 0.622 bits per heavy atom. The number of aryl methyl sites for hydroxylation is 1. The average Bonchev–Trinajstić information content (AvgIpc) is 1.52. The predicted molar refractivity (Wildman–Crippen MR) is 590 cm³/mol. The van der Waals surface area contributed by atoms with Gasteiger partial charge >= 0.3 is 0 Å². The zero-order chi connectivity index (χ0) is 94.5. The summed E-state index contributed by atoms with van der Waals surface area (Å²) in [7, 11) is 2.11. The van der Waals surface area contributed by atoms with Gasteiger partial charge in [0, 0.05) is 116 Å². The Bertz CT molecular complexity index is 10200. The Kier molecular flexibility index (Phi) is 20.2. The van der Waals surface area contributed by atoms with Crippen molar-refractivity contribution in [1.29, 1.82) is 0 Å². The van der Waals surface area contributed by atoms with Crippen molar-refractivity contribution in [3.8, 4) is 96.1 Å². The van der Waals surface area contributed by atoms with Crippen molar-refractivity contribution in [2.24, 2.45) is 7.05 Å². The minimum Gasteiger partial charge on any atom is -0.455 e. The average molecular weight is 1830 g/mol. The quantitative estimate of drug-likeness (QED) is 0.131. The van der Waals surface area contributed by atoms with Crippen LogP contribution in [0.25, 0.3) is 271 Å².